The van der Waals surface area contributed by atoms with Crippen molar-refractivity contribution in [2.45, 2.75) is 6.54 Å². The van der Waals surface area contributed by atoms with Gasteiger partial charge in [0, 0.05) is 19.7 Å². The van der Waals surface area contributed by atoms with Gasteiger partial charge in [-0.15, -0.1) is 0 Å². The van der Waals surface area contributed by atoms with Crippen molar-refractivity contribution in [2.24, 2.45) is 0 Å². The summed E-state index contributed by atoms with van der Waals surface area (Å²) < 4.78 is 10.3. The van der Waals surface area contributed by atoms with E-state index in [1.165, 1.54) is 0 Å². The van der Waals surface area contributed by atoms with Gasteiger partial charge in [0.1, 0.15) is 11.5 Å². The molecule has 1 aromatic carbocycles. The Bertz CT molecular complexity index is 415. The van der Waals surface area contributed by atoms with E-state index in [1.807, 2.05) is 6.07 Å². The molecule has 2 rings (SSSR count). The molecule has 0 saturated carbocycles. The van der Waals surface area contributed by atoms with Gasteiger partial charge in [-0.05, 0) is 11.6 Å². The van der Waals surface area contributed by atoms with Crippen molar-refractivity contribution in [1.82, 2.24) is 4.90 Å². The van der Waals surface area contributed by atoms with Crippen LogP contribution in [0.3, 0.4) is 0 Å². The summed E-state index contributed by atoms with van der Waals surface area (Å²) in [5, 5.41) is 0. The first-order valence-electron chi connectivity index (χ1n) is 4.67. The van der Waals surface area contributed by atoms with E-state index in [0.29, 0.717) is 23.6 Å². The van der Waals surface area contributed by atoms with Gasteiger partial charge in [-0.25, -0.2) is 0 Å². The van der Waals surface area contributed by atoms with Crippen LogP contribution in [0.5, 0.6) is 11.5 Å². The molecule has 1 aliphatic heterocycles. The van der Waals surface area contributed by atoms with Crippen LogP contribution in [-0.4, -0.2) is 32.1 Å². The number of methoxy groups -OCH3 is 2. The first-order valence-corrected chi connectivity index (χ1v) is 4.67. The van der Waals surface area contributed by atoms with Gasteiger partial charge in [0.2, 0.25) is 0 Å². The highest BCUT2D eigenvalue weighted by molar-refractivity contribution is 6.01. The zero-order valence-corrected chi connectivity index (χ0v) is 9.03. The number of hydrogen-bond acceptors (Lipinski definition) is 3. The molecule has 0 aliphatic carbocycles. The number of nitrogens with zero attached hydrogens (tertiary/aromatic N) is 1. The molecule has 0 spiro atoms. The number of carbonyl (C=O) groups excluding carboxylic acids is 1. The van der Waals surface area contributed by atoms with E-state index in [1.54, 1.807) is 32.2 Å². The van der Waals surface area contributed by atoms with Gasteiger partial charge >= 0.3 is 0 Å². The first kappa shape index (κ1) is 9.83. The molecular weight excluding hydrogens is 194 g/mol. The number of carbonyl (C=O) groups is 1. The largest absolute Gasteiger partial charge is 0.497 e. The van der Waals surface area contributed by atoms with Gasteiger partial charge in [-0.2, -0.15) is 0 Å². The smallest absolute Gasteiger partial charge is 0.258 e. The summed E-state index contributed by atoms with van der Waals surface area (Å²) in [4.78, 5) is 13.4. The standard InChI is InChI=1S/C11H13NO3/c1-12-6-7-4-8(14-2)5-9(15-3)10(7)11(12)13/h4-5H,6H2,1-3H3. The molecule has 0 aromatic heterocycles. The Morgan fingerprint density at radius 2 is 2.00 bits per heavy atom. The molecule has 4 heteroatoms. The lowest BCUT2D eigenvalue weighted by Gasteiger charge is -2.08. The number of rotatable bonds is 2. The molecule has 0 fully saturated rings. The van der Waals surface area contributed by atoms with Crippen LogP contribution in [0.1, 0.15) is 15.9 Å². The van der Waals surface area contributed by atoms with Crippen molar-refractivity contribution in [3.8, 4) is 11.5 Å². The molecule has 0 bridgehead atoms. The Kier molecular flexibility index (Phi) is 2.26. The maximum Gasteiger partial charge on any atom is 0.258 e. The molecule has 0 saturated heterocycles. The van der Waals surface area contributed by atoms with Gasteiger partial charge in [0.15, 0.2) is 0 Å². The van der Waals surface area contributed by atoms with E-state index < -0.39 is 0 Å². The topological polar surface area (TPSA) is 38.8 Å². The van der Waals surface area contributed by atoms with Crippen molar-refractivity contribution in [2.75, 3.05) is 21.3 Å². The number of benzene rings is 1. The summed E-state index contributed by atoms with van der Waals surface area (Å²) in [5.74, 6) is 1.30. The summed E-state index contributed by atoms with van der Waals surface area (Å²) in [6, 6.07) is 3.61. The molecule has 1 heterocycles. The van der Waals surface area contributed by atoms with Crippen LogP contribution in [0.15, 0.2) is 12.1 Å². The number of ether oxygens (including phenoxy) is 2. The molecule has 1 aliphatic rings. The molecule has 15 heavy (non-hydrogen) atoms. The van der Waals surface area contributed by atoms with Crippen LogP contribution in [0.4, 0.5) is 0 Å². The van der Waals surface area contributed by atoms with Gasteiger partial charge in [0.25, 0.3) is 5.91 Å². The van der Waals surface area contributed by atoms with Crippen molar-refractivity contribution in [3.05, 3.63) is 23.3 Å². The first-order chi connectivity index (χ1) is 7.17. The van der Waals surface area contributed by atoms with Crippen LogP contribution in [0, 0.1) is 0 Å². The lowest BCUT2D eigenvalue weighted by Crippen LogP contribution is -2.17. The summed E-state index contributed by atoms with van der Waals surface area (Å²) in [5.41, 5.74) is 1.61. The van der Waals surface area contributed by atoms with Gasteiger partial charge in [-0.3, -0.25) is 4.79 Å². The van der Waals surface area contributed by atoms with Gasteiger partial charge in [0.05, 0.1) is 19.8 Å². The van der Waals surface area contributed by atoms with E-state index in [-0.39, 0.29) is 5.91 Å². The third-order valence-corrected chi connectivity index (χ3v) is 2.58. The van der Waals surface area contributed by atoms with Crippen molar-refractivity contribution in [3.63, 3.8) is 0 Å². The lowest BCUT2D eigenvalue weighted by molar-refractivity contribution is 0.0814. The number of hydrogen-bond donors (Lipinski definition) is 0. The zero-order chi connectivity index (χ0) is 11.0. The van der Waals surface area contributed by atoms with Crippen molar-refractivity contribution in [1.29, 1.82) is 0 Å². The normalized spacial score (nSPS) is 14.1. The summed E-state index contributed by atoms with van der Waals surface area (Å²) in [7, 11) is 4.93. The predicted octanol–water partition coefficient (Wildman–Crippen LogP) is 1.29. The van der Waals surface area contributed by atoms with Crippen LogP contribution in [-0.2, 0) is 6.54 Å². The molecular formula is C11H13NO3. The zero-order valence-electron chi connectivity index (χ0n) is 9.03. The van der Waals surface area contributed by atoms with Crippen molar-refractivity contribution < 1.29 is 14.3 Å². The van der Waals surface area contributed by atoms with E-state index in [9.17, 15) is 4.79 Å². The van der Waals surface area contributed by atoms with Crippen LogP contribution in [0.25, 0.3) is 0 Å². The van der Waals surface area contributed by atoms with Gasteiger partial charge in [-0.1, -0.05) is 0 Å². The SMILES string of the molecule is COc1cc2c(c(OC)c1)C(=O)N(C)C2. The van der Waals surface area contributed by atoms with Crippen LogP contribution in [0.2, 0.25) is 0 Å². The van der Waals surface area contributed by atoms with Gasteiger partial charge < -0.3 is 14.4 Å². The molecule has 1 amide bonds. The number of amides is 1. The maximum atomic E-state index is 11.8. The minimum absolute atomic E-state index is 0.00417. The highest BCUT2D eigenvalue weighted by atomic mass is 16.5. The summed E-state index contributed by atoms with van der Waals surface area (Å²) in [6.45, 7) is 0.613. The monoisotopic (exact) mass is 207 g/mol. The van der Waals surface area contributed by atoms with E-state index in [0.717, 1.165) is 5.56 Å². The number of fused-ring (bicyclic) bond motifs is 1. The minimum atomic E-state index is 0.00417. The fraction of sp³-hybridized carbons (Fsp3) is 0.364. The van der Waals surface area contributed by atoms with E-state index >= 15 is 0 Å². The average molecular weight is 207 g/mol. The molecule has 1 aromatic rings. The predicted molar refractivity (Wildman–Crippen MR) is 55.3 cm³/mol. The lowest BCUT2D eigenvalue weighted by atomic mass is 10.1. The quantitative estimate of drug-likeness (QED) is 0.733. The average Bonchev–Trinajstić information content (AvgIpc) is 2.53. The molecule has 4 nitrogen and oxygen atoms in total. The Labute approximate surface area is 88.4 Å². The molecule has 0 unspecified atom stereocenters. The molecule has 0 atom stereocenters. The Hall–Kier alpha value is -1.71. The van der Waals surface area contributed by atoms with Crippen LogP contribution < -0.4 is 9.47 Å². The van der Waals surface area contributed by atoms with E-state index in [2.05, 4.69) is 0 Å². The van der Waals surface area contributed by atoms with Crippen molar-refractivity contribution >= 4 is 5.91 Å². The molecule has 0 N–H and O–H groups in total. The second-order valence-corrected chi connectivity index (χ2v) is 3.52. The third kappa shape index (κ3) is 1.42. The Balaban J connectivity index is 2.58. The second kappa shape index (κ2) is 3.46. The Morgan fingerprint density at radius 1 is 1.27 bits per heavy atom. The maximum absolute atomic E-state index is 11.8. The molecule has 80 valence electrons. The molecule has 0 radical (unpaired) electrons. The van der Waals surface area contributed by atoms with Crippen LogP contribution >= 0.6 is 0 Å². The second-order valence-electron chi connectivity index (χ2n) is 3.52. The highest BCUT2D eigenvalue weighted by Crippen LogP contribution is 2.34. The third-order valence-electron chi connectivity index (χ3n) is 2.58. The fourth-order valence-corrected chi connectivity index (χ4v) is 1.81. The highest BCUT2D eigenvalue weighted by Gasteiger charge is 2.28. The summed E-state index contributed by atoms with van der Waals surface area (Å²) in [6.07, 6.45) is 0. The Morgan fingerprint density at radius 3 is 2.60 bits per heavy atom. The summed E-state index contributed by atoms with van der Waals surface area (Å²) >= 11 is 0. The fourth-order valence-electron chi connectivity index (χ4n) is 1.81. The minimum Gasteiger partial charge on any atom is -0.497 e. The van der Waals surface area contributed by atoms with E-state index in [4.69, 9.17) is 9.47 Å².